The number of rotatable bonds is 14. The highest BCUT2D eigenvalue weighted by atomic mass is 32.1. The third-order valence-electron chi connectivity index (χ3n) is 21.5. The number of benzene rings is 15. The minimum Gasteiger partial charge on any atom is -0.243 e. The Balaban J connectivity index is 0.000000147. The van der Waals surface area contributed by atoms with Crippen LogP contribution in [0.2, 0.25) is 0 Å². The van der Waals surface area contributed by atoms with E-state index in [1.165, 1.54) is 32.5 Å². The van der Waals surface area contributed by atoms with Crippen molar-refractivity contribution in [1.29, 1.82) is 0 Å². The summed E-state index contributed by atoms with van der Waals surface area (Å²) in [6.07, 6.45) is 1.66. The SMILES string of the molecule is c1ccc(-c2ccc(-c3nc(-c4ccccc4)nc(-c4cccc(-c5ccc(-c6ccc(-c7ccc8c(c7)sc7nc9ccccc9nc78)cc6)cc5)c4)n3)cc2)cc1.c1ccc(-c2ccc(-c3nc(-c4ccccc4)nc(-c4cccc(-c5ccc(-c6ccc(-c7ncnc8c7sc7nc9ccccc9cc78)cc6)cc5)c4)n3)cc2)cc1. The van der Waals surface area contributed by atoms with E-state index in [0.717, 1.165) is 153 Å². The van der Waals surface area contributed by atoms with Gasteiger partial charge in [-0.2, -0.15) is 0 Å². The first-order valence-electron chi connectivity index (χ1n) is 39.0. The molecule has 552 valence electrons. The largest absolute Gasteiger partial charge is 0.243 e. The first-order chi connectivity index (χ1) is 58.4. The van der Waals surface area contributed by atoms with Gasteiger partial charge in [-0.15, -0.1) is 22.7 Å². The van der Waals surface area contributed by atoms with Gasteiger partial charge in [-0.05, 0) is 120 Å². The summed E-state index contributed by atoms with van der Waals surface area (Å²) in [4.78, 5) is 56.0. The quantitative estimate of drug-likeness (QED) is 0.103. The van der Waals surface area contributed by atoms with Gasteiger partial charge in [-0.3, -0.25) is 0 Å². The van der Waals surface area contributed by atoms with E-state index >= 15 is 0 Å². The van der Waals surface area contributed by atoms with Crippen LogP contribution in [0.5, 0.6) is 0 Å². The van der Waals surface area contributed by atoms with Crippen LogP contribution in [0, 0.1) is 0 Å². The van der Waals surface area contributed by atoms with Crippen molar-refractivity contribution in [2.24, 2.45) is 0 Å². The van der Waals surface area contributed by atoms with E-state index in [4.69, 9.17) is 49.8 Å². The number of hydrogen-bond acceptors (Lipinski definition) is 13. The first-order valence-corrected chi connectivity index (χ1v) is 40.6. The number of para-hydroxylation sites is 3. The van der Waals surface area contributed by atoms with Crippen molar-refractivity contribution in [2.45, 2.75) is 0 Å². The van der Waals surface area contributed by atoms with Gasteiger partial charge in [0.15, 0.2) is 34.9 Å². The normalized spacial score (nSPS) is 11.4. The Morgan fingerprint density at radius 3 is 0.941 bits per heavy atom. The lowest BCUT2D eigenvalue weighted by Gasteiger charge is -2.11. The van der Waals surface area contributed by atoms with E-state index in [-0.39, 0.29) is 0 Å². The van der Waals surface area contributed by atoms with Crippen molar-refractivity contribution < 1.29 is 0 Å². The Morgan fingerprint density at radius 2 is 0.492 bits per heavy atom. The standard InChI is InChI=1S/C53H33N5S.C52H32N6S/c1-3-10-34(11-4-1)35-26-28-41(29-27-35)51-56-50(40-12-5-2-6-13-40)57-52(58-51)44-15-9-14-42(32-44)38-22-18-36(19-23-38)37-20-24-39(25-21-37)43-30-31-45-48(33-43)59-53-49(45)54-46-16-7-8-17-47(46)55-53;1-3-10-33(11-4-1)34-24-28-40(29-25-34)50-56-49(39-12-5-2-6-13-39)57-51(58-50)43-16-9-15-41(30-43)37-20-18-35(19-21-37)36-22-26-38(27-23-36)46-48-47(54-32-53-46)44-31-42-14-7-8-17-45(42)55-52(44)59-48/h1-33H;1-32H. The number of thiophene rings is 2. The van der Waals surface area contributed by atoms with Gasteiger partial charge in [0, 0.05) is 59.8 Å². The highest BCUT2D eigenvalue weighted by Gasteiger charge is 2.20. The molecule has 7 aromatic heterocycles. The van der Waals surface area contributed by atoms with Crippen molar-refractivity contribution >= 4 is 85.5 Å². The molecule has 0 aliphatic carbocycles. The van der Waals surface area contributed by atoms with Crippen molar-refractivity contribution in [2.75, 3.05) is 0 Å². The molecule has 0 saturated carbocycles. The van der Waals surface area contributed by atoms with Gasteiger partial charge in [-0.1, -0.05) is 346 Å². The van der Waals surface area contributed by atoms with Crippen LogP contribution in [0.1, 0.15) is 0 Å². The van der Waals surface area contributed by atoms with Gasteiger partial charge < -0.3 is 0 Å². The van der Waals surface area contributed by atoms with E-state index in [9.17, 15) is 0 Å². The molecule has 0 N–H and O–H groups in total. The molecule has 15 aromatic carbocycles. The smallest absolute Gasteiger partial charge is 0.164 e. The first kappa shape index (κ1) is 70.5. The number of fused-ring (bicyclic) bond motifs is 8. The van der Waals surface area contributed by atoms with E-state index in [1.54, 1.807) is 29.0 Å². The third-order valence-corrected chi connectivity index (χ3v) is 23.6. The molecule has 0 radical (unpaired) electrons. The number of nitrogens with zero attached hydrogens (tertiary/aromatic N) is 11. The molecule has 0 spiro atoms. The van der Waals surface area contributed by atoms with Crippen LogP contribution in [-0.4, -0.2) is 54.8 Å². The van der Waals surface area contributed by atoms with Crippen molar-refractivity contribution in [3.05, 3.63) is 395 Å². The Kier molecular flexibility index (Phi) is 18.4. The molecule has 0 aliphatic heterocycles. The minimum atomic E-state index is 0.626. The van der Waals surface area contributed by atoms with Gasteiger partial charge in [-0.25, -0.2) is 54.8 Å². The summed E-state index contributed by atoms with van der Waals surface area (Å²) in [5.41, 5.74) is 28.3. The van der Waals surface area contributed by atoms with E-state index in [0.29, 0.717) is 34.9 Å². The Hall–Kier alpha value is -15.4. The monoisotopic (exact) mass is 1540 g/mol. The summed E-state index contributed by atoms with van der Waals surface area (Å²) in [6, 6.07) is 135. The molecule has 0 amide bonds. The van der Waals surface area contributed by atoms with Gasteiger partial charge in [0.25, 0.3) is 0 Å². The molecule has 22 rings (SSSR count). The van der Waals surface area contributed by atoms with Gasteiger partial charge in [0.2, 0.25) is 0 Å². The van der Waals surface area contributed by atoms with Crippen LogP contribution in [0.3, 0.4) is 0 Å². The number of hydrogen-bond donors (Lipinski definition) is 0. The highest BCUT2D eigenvalue weighted by molar-refractivity contribution is 7.26. The molecule has 118 heavy (non-hydrogen) atoms. The predicted octanol–water partition coefficient (Wildman–Crippen LogP) is 27.1. The van der Waals surface area contributed by atoms with Crippen LogP contribution in [0.15, 0.2) is 395 Å². The van der Waals surface area contributed by atoms with Gasteiger partial charge in [0.1, 0.15) is 21.5 Å². The van der Waals surface area contributed by atoms with Crippen LogP contribution >= 0.6 is 22.7 Å². The molecule has 11 nitrogen and oxygen atoms in total. The maximum Gasteiger partial charge on any atom is 0.164 e. The van der Waals surface area contributed by atoms with Crippen LogP contribution in [0.4, 0.5) is 0 Å². The molecule has 0 bridgehead atoms. The Labute approximate surface area is 687 Å². The third kappa shape index (κ3) is 14.1. The van der Waals surface area contributed by atoms with Gasteiger partial charge in [0.05, 0.1) is 32.5 Å². The Morgan fingerprint density at radius 1 is 0.178 bits per heavy atom. The van der Waals surface area contributed by atoms with Crippen molar-refractivity contribution in [1.82, 2.24) is 54.8 Å². The molecule has 0 aliphatic rings. The highest BCUT2D eigenvalue weighted by Crippen LogP contribution is 2.42. The fourth-order valence-corrected chi connectivity index (χ4v) is 17.5. The molecule has 0 fully saturated rings. The van der Waals surface area contributed by atoms with Gasteiger partial charge >= 0.3 is 0 Å². The maximum absolute atomic E-state index is 5.03. The zero-order valence-electron chi connectivity index (χ0n) is 63.3. The Bertz CT molecular complexity index is 7480. The van der Waals surface area contributed by atoms with E-state index < -0.39 is 0 Å². The topological polar surface area (TPSA) is 142 Å². The molecular formula is C105H65N11S2. The molecule has 13 heteroatoms. The molecule has 7 heterocycles. The fraction of sp³-hybridized carbons (Fsp3) is 0. The average molecular weight is 1540 g/mol. The average Bonchev–Trinajstić information content (AvgIpc) is 1.60. The van der Waals surface area contributed by atoms with Crippen molar-refractivity contribution in [3.63, 3.8) is 0 Å². The fourth-order valence-electron chi connectivity index (χ4n) is 15.3. The zero-order chi connectivity index (χ0) is 78.2. The van der Waals surface area contributed by atoms with Crippen LogP contribution in [-0.2, 0) is 0 Å². The van der Waals surface area contributed by atoms with E-state index in [1.807, 2.05) is 109 Å². The summed E-state index contributed by atoms with van der Waals surface area (Å²) in [7, 11) is 0. The molecule has 22 aromatic rings. The minimum absolute atomic E-state index is 0.626. The predicted molar refractivity (Wildman–Crippen MR) is 486 cm³/mol. The summed E-state index contributed by atoms with van der Waals surface area (Å²) in [5, 5.41) is 3.32. The second-order valence-electron chi connectivity index (χ2n) is 28.9. The molecule has 0 atom stereocenters. The van der Waals surface area contributed by atoms with Crippen LogP contribution in [0.25, 0.3) is 220 Å². The lowest BCUT2D eigenvalue weighted by atomic mass is 9.97. The second-order valence-corrected chi connectivity index (χ2v) is 30.9. The molecule has 0 saturated heterocycles. The second kappa shape index (κ2) is 30.8. The summed E-state index contributed by atoms with van der Waals surface area (Å²) in [6.45, 7) is 0. The molecular weight excluding hydrogens is 1480 g/mol. The number of pyridine rings is 1. The maximum atomic E-state index is 5.03. The lowest BCUT2D eigenvalue weighted by Crippen LogP contribution is -2.00. The number of aromatic nitrogens is 11. The lowest BCUT2D eigenvalue weighted by molar-refractivity contribution is 1.07. The summed E-state index contributed by atoms with van der Waals surface area (Å²) >= 11 is 3.35. The molecule has 0 unspecified atom stereocenters. The summed E-state index contributed by atoms with van der Waals surface area (Å²) < 4.78 is 2.24. The van der Waals surface area contributed by atoms with Crippen LogP contribution < -0.4 is 0 Å². The zero-order valence-corrected chi connectivity index (χ0v) is 64.9. The summed E-state index contributed by atoms with van der Waals surface area (Å²) in [5.74, 6) is 3.81. The van der Waals surface area contributed by atoms with Crippen molar-refractivity contribution in [3.8, 4) is 157 Å². The van der Waals surface area contributed by atoms with E-state index in [2.05, 4.69) is 284 Å².